The summed E-state index contributed by atoms with van der Waals surface area (Å²) in [6, 6.07) is 0. The van der Waals surface area contributed by atoms with E-state index < -0.39 is 11.9 Å². The molecule has 8 nitrogen and oxygen atoms in total. The first kappa shape index (κ1) is 14.1. The molecule has 0 aliphatic heterocycles. The molecule has 3 N–H and O–H groups in total. The first-order valence-corrected chi connectivity index (χ1v) is 6.73. The number of nitrogens with one attached hydrogen (secondary N) is 2. The van der Waals surface area contributed by atoms with Gasteiger partial charge in [0.15, 0.2) is 5.69 Å². The van der Waals surface area contributed by atoms with Crippen molar-refractivity contribution in [2.75, 3.05) is 0 Å². The van der Waals surface area contributed by atoms with Crippen LogP contribution < -0.4 is 5.32 Å². The maximum absolute atomic E-state index is 11.8. The Labute approximate surface area is 118 Å². The quantitative estimate of drug-likeness (QED) is 0.757. The Morgan fingerprint density at radius 1 is 1.45 bits per heavy atom. The zero-order chi connectivity index (χ0) is 14.7. The van der Waals surface area contributed by atoms with Gasteiger partial charge < -0.3 is 10.4 Å². The van der Waals surface area contributed by atoms with Gasteiger partial charge in [-0.1, -0.05) is 13.8 Å². The molecule has 0 bridgehead atoms. The number of amides is 1. The Balaban J connectivity index is 1.95. The van der Waals surface area contributed by atoms with Crippen LogP contribution >= 0.6 is 11.3 Å². The van der Waals surface area contributed by atoms with Crippen LogP contribution in [0.25, 0.3) is 0 Å². The van der Waals surface area contributed by atoms with Gasteiger partial charge in [0, 0.05) is 11.3 Å². The van der Waals surface area contributed by atoms with Crippen LogP contribution in [-0.2, 0) is 6.54 Å². The van der Waals surface area contributed by atoms with Gasteiger partial charge in [0.05, 0.1) is 6.54 Å². The Hall–Kier alpha value is -2.29. The molecule has 106 valence electrons. The minimum Gasteiger partial charge on any atom is -0.476 e. The van der Waals surface area contributed by atoms with E-state index in [9.17, 15) is 9.59 Å². The molecule has 9 heteroatoms. The van der Waals surface area contributed by atoms with Gasteiger partial charge in [0.2, 0.25) is 5.82 Å². The molecule has 2 rings (SSSR count). The number of carbonyl (C=O) groups is 2. The average Bonchev–Trinajstić information content (AvgIpc) is 3.05. The highest BCUT2D eigenvalue weighted by Crippen LogP contribution is 2.10. The number of nitrogens with zero attached hydrogens (tertiary/aromatic N) is 3. The van der Waals surface area contributed by atoms with E-state index >= 15 is 0 Å². The monoisotopic (exact) mass is 295 g/mol. The van der Waals surface area contributed by atoms with E-state index in [1.165, 1.54) is 16.7 Å². The van der Waals surface area contributed by atoms with E-state index in [0.717, 1.165) is 0 Å². The molecule has 0 aliphatic carbocycles. The van der Waals surface area contributed by atoms with Crippen LogP contribution in [0.2, 0.25) is 0 Å². The second kappa shape index (κ2) is 5.78. The molecular formula is C11H13N5O3S. The molecule has 2 aromatic rings. The van der Waals surface area contributed by atoms with E-state index in [4.69, 9.17) is 5.11 Å². The van der Waals surface area contributed by atoms with Crippen LogP contribution in [0.3, 0.4) is 0 Å². The first-order chi connectivity index (χ1) is 9.47. The highest BCUT2D eigenvalue weighted by Gasteiger charge is 2.15. The van der Waals surface area contributed by atoms with Crippen molar-refractivity contribution in [2.24, 2.45) is 0 Å². The number of carbonyl (C=O) groups excluding carboxylic acids is 1. The first-order valence-electron chi connectivity index (χ1n) is 5.85. The van der Waals surface area contributed by atoms with Gasteiger partial charge in [-0.25, -0.2) is 14.8 Å². The number of aromatic carboxylic acids is 1. The summed E-state index contributed by atoms with van der Waals surface area (Å²) in [5.41, 5.74) is -0.0285. The molecule has 0 radical (unpaired) electrons. The summed E-state index contributed by atoms with van der Waals surface area (Å²) in [6.45, 7) is 4.01. The van der Waals surface area contributed by atoms with E-state index in [2.05, 4.69) is 25.5 Å². The van der Waals surface area contributed by atoms with Gasteiger partial charge >= 0.3 is 5.97 Å². The van der Waals surface area contributed by atoms with Crippen molar-refractivity contribution in [3.05, 3.63) is 27.7 Å². The molecule has 0 fully saturated rings. The van der Waals surface area contributed by atoms with Crippen molar-refractivity contribution in [3.63, 3.8) is 0 Å². The molecule has 0 spiro atoms. The number of carboxylic acids is 1. The number of aromatic nitrogens is 4. The Morgan fingerprint density at radius 2 is 2.20 bits per heavy atom. The van der Waals surface area contributed by atoms with Gasteiger partial charge in [-0.15, -0.1) is 16.4 Å². The molecule has 0 aliphatic rings. The molecule has 2 aromatic heterocycles. The average molecular weight is 295 g/mol. The summed E-state index contributed by atoms with van der Waals surface area (Å²) in [5, 5.41) is 19.8. The van der Waals surface area contributed by atoms with E-state index in [1.54, 1.807) is 0 Å². The number of H-pyrrole nitrogens is 1. The van der Waals surface area contributed by atoms with Crippen LogP contribution in [0.1, 0.15) is 51.7 Å². The summed E-state index contributed by atoms with van der Waals surface area (Å²) in [6.07, 6.45) is 0. The van der Waals surface area contributed by atoms with Crippen molar-refractivity contribution in [2.45, 2.75) is 26.3 Å². The molecular weight excluding hydrogens is 282 g/mol. The summed E-state index contributed by atoms with van der Waals surface area (Å²) in [4.78, 5) is 30.4. The van der Waals surface area contributed by atoms with Crippen LogP contribution in [0.15, 0.2) is 5.38 Å². The number of aromatic amines is 1. The number of rotatable bonds is 5. The highest BCUT2D eigenvalue weighted by molar-refractivity contribution is 7.09. The van der Waals surface area contributed by atoms with Crippen molar-refractivity contribution >= 4 is 23.2 Å². The summed E-state index contributed by atoms with van der Waals surface area (Å²) >= 11 is 1.17. The van der Waals surface area contributed by atoms with Crippen molar-refractivity contribution < 1.29 is 14.7 Å². The van der Waals surface area contributed by atoms with E-state index in [0.29, 0.717) is 10.8 Å². The lowest BCUT2D eigenvalue weighted by Gasteiger charge is -1.98. The SMILES string of the molecule is CC(C)c1nc(C(=O)NCc2nc(C(=O)O)cs2)n[nH]1. The molecule has 1 amide bonds. The second-order valence-corrected chi connectivity index (χ2v) is 5.26. The minimum atomic E-state index is -1.09. The van der Waals surface area contributed by atoms with Crippen molar-refractivity contribution in [3.8, 4) is 0 Å². The van der Waals surface area contributed by atoms with Crippen molar-refractivity contribution in [1.29, 1.82) is 0 Å². The standard InChI is InChI=1S/C11H13N5O3S/c1-5(2)8-14-9(16-15-8)10(17)12-3-7-13-6(4-20-7)11(18)19/h4-5H,3H2,1-2H3,(H,12,17)(H,18,19)(H,14,15,16). The van der Waals surface area contributed by atoms with Crippen LogP contribution in [0.5, 0.6) is 0 Å². The van der Waals surface area contributed by atoms with Gasteiger partial charge in [-0.3, -0.25) is 9.89 Å². The third-order valence-corrected chi connectivity index (χ3v) is 3.27. The van der Waals surface area contributed by atoms with Gasteiger partial charge in [-0.05, 0) is 0 Å². The molecule has 0 saturated heterocycles. The maximum Gasteiger partial charge on any atom is 0.355 e. The predicted molar refractivity (Wildman–Crippen MR) is 70.7 cm³/mol. The minimum absolute atomic E-state index is 0.0285. The fourth-order valence-electron chi connectivity index (χ4n) is 1.36. The maximum atomic E-state index is 11.8. The molecule has 0 saturated carbocycles. The number of thiazole rings is 1. The van der Waals surface area contributed by atoms with Gasteiger partial charge in [0.25, 0.3) is 5.91 Å². The lowest BCUT2D eigenvalue weighted by atomic mass is 10.2. The number of hydrogen-bond acceptors (Lipinski definition) is 6. The molecule has 0 unspecified atom stereocenters. The normalized spacial score (nSPS) is 10.8. The molecule has 0 aromatic carbocycles. The topological polar surface area (TPSA) is 121 Å². The summed E-state index contributed by atoms with van der Waals surface area (Å²) in [5.74, 6) is -0.669. The Morgan fingerprint density at radius 3 is 2.75 bits per heavy atom. The fraction of sp³-hybridized carbons (Fsp3) is 0.364. The molecule has 0 atom stereocenters. The van der Waals surface area contributed by atoms with Crippen LogP contribution in [0, 0.1) is 0 Å². The van der Waals surface area contributed by atoms with E-state index in [-0.39, 0.29) is 24.0 Å². The molecule has 20 heavy (non-hydrogen) atoms. The van der Waals surface area contributed by atoms with Crippen LogP contribution in [-0.4, -0.2) is 37.1 Å². The third-order valence-electron chi connectivity index (χ3n) is 2.42. The zero-order valence-corrected chi connectivity index (χ0v) is 11.7. The molecule has 2 heterocycles. The second-order valence-electron chi connectivity index (χ2n) is 4.31. The van der Waals surface area contributed by atoms with E-state index in [1.807, 2.05) is 13.8 Å². The van der Waals surface area contributed by atoms with Gasteiger partial charge in [-0.2, -0.15) is 0 Å². The number of hydrogen-bond donors (Lipinski definition) is 3. The predicted octanol–water partition coefficient (Wildman–Crippen LogP) is 1.01. The zero-order valence-electron chi connectivity index (χ0n) is 10.9. The lowest BCUT2D eigenvalue weighted by molar-refractivity contribution is 0.0691. The highest BCUT2D eigenvalue weighted by atomic mass is 32.1. The Bertz CT molecular complexity index is 634. The lowest BCUT2D eigenvalue weighted by Crippen LogP contribution is -2.24. The van der Waals surface area contributed by atoms with Crippen LogP contribution in [0.4, 0.5) is 0 Å². The third kappa shape index (κ3) is 3.18. The van der Waals surface area contributed by atoms with Gasteiger partial charge in [0.1, 0.15) is 10.8 Å². The summed E-state index contributed by atoms with van der Waals surface area (Å²) in [7, 11) is 0. The Kier molecular flexibility index (Phi) is 4.08. The largest absolute Gasteiger partial charge is 0.476 e. The van der Waals surface area contributed by atoms with Crippen molar-refractivity contribution in [1.82, 2.24) is 25.5 Å². The summed E-state index contributed by atoms with van der Waals surface area (Å²) < 4.78 is 0. The smallest absolute Gasteiger partial charge is 0.355 e. The number of carboxylic acid groups (broad SMARTS) is 1. The fourth-order valence-corrected chi connectivity index (χ4v) is 2.07.